The van der Waals surface area contributed by atoms with Crippen molar-refractivity contribution in [3.8, 4) is 0 Å². The summed E-state index contributed by atoms with van der Waals surface area (Å²) in [6.07, 6.45) is 0. The Kier molecular flexibility index (Phi) is 2.60. The molecule has 3 nitrogen and oxygen atoms in total. The van der Waals surface area contributed by atoms with E-state index in [-0.39, 0.29) is 5.91 Å². The molecule has 0 aliphatic carbocycles. The van der Waals surface area contributed by atoms with Gasteiger partial charge in [-0.05, 0) is 34.4 Å². The van der Waals surface area contributed by atoms with E-state index in [4.69, 9.17) is 0 Å². The van der Waals surface area contributed by atoms with Crippen LogP contribution in [0.15, 0.2) is 42.5 Å². The molecule has 2 aromatic carbocycles. The van der Waals surface area contributed by atoms with E-state index in [0.29, 0.717) is 0 Å². The Morgan fingerprint density at radius 2 is 1.60 bits per heavy atom. The molecule has 0 bridgehead atoms. The van der Waals surface area contributed by atoms with Crippen LogP contribution in [0.5, 0.6) is 0 Å². The SMILES string of the molecule is O=C(c1ccc2c(c1)CNC2)N1Cc2ccccc2C1. The van der Waals surface area contributed by atoms with Crippen LogP contribution in [-0.4, -0.2) is 10.8 Å². The Morgan fingerprint density at radius 3 is 2.35 bits per heavy atom. The molecule has 2 heterocycles. The number of nitrogens with one attached hydrogen (secondary N) is 1. The van der Waals surface area contributed by atoms with Gasteiger partial charge in [-0.1, -0.05) is 30.3 Å². The Labute approximate surface area is 118 Å². The van der Waals surface area contributed by atoms with Crippen LogP contribution in [0.4, 0.5) is 0 Å². The smallest absolute Gasteiger partial charge is 0.254 e. The van der Waals surface area contributed by atoms with Crippen LogP contribution in [0.3, 0.4) is 0 Å². The third kappa shape index (κ3) is 1.82. The highest BCUT2D eigenvalue weighted by molar-refractivity contribution is 5.94. The molecule has 2 aliphatic rings. The molecule has 0 fully saturated rings. The summed E-state index contributed by atoms with van der Waals surface area (Å²) in [6, 6.07) is 14.4. The lowest BCUT2D eigenvalue weighted by molar-refractivity contribution is 0.0751. The van der Waals surface area contributed by atoms with Crippen molar-refractivity contribution in [2.75, 3.05) is 0 Å². The first-order valence-corrected chi connectivity index (χ1v) is 7.00. The van der Waals surface area contributed by atoms with Crippen molar-refractivity contribution < 1.29 is 4.79 Å². The van der Waals surface area contributed by atoms with Crippen LogP contribution in [0.1, 0.15) is 32.6 Å². The first-order valence-electron chi connectivity index (χ1n) is 7.00. The van der Waals surface area contributed by atoms with E-state index in [2.05, 4.69) is 23.5 Å². The molecule has 0 unspecified atom stereocenters. The predicted octanol–water partition coefficient (Wildman–Crippen LogP) is 2.45. The van der Waals surface area contributed by atoms with Gasteiger partial charge >= 0.3 is 0 Å². The second-order valence-corrected chi connectivity index (χ2v) is 5.52. The summed E-state index contributed by atoms with van der Waals surface area (Å²) >= 11 is 0. The van der Waals surface area contributed by atoms with Gasteiger partial charge in [0.05, 0.1) is 0 Å². The van der Waals surface area contributed by atoms with Crippen LogP contribution in [0, 0.1) is 0 Å². The number of nitrogens with zero attached hydrogens (tertiary/aromatic N) is 1. The summed E-state index contributed by atoms with van der Waals surface area (Å²) in [6.45, 7) is 3.24. The van der Waals surface area contributed by atoms with Gasteiger partial charge in [-0.25, -0.2) is 0 Å². The second kappa shape index (κ2) is 4.46. The third-order valence-electron chi connectivity index (χ3n) is 4.21. The zero-order chi connectivity index (χ0) is 13.5. The van der Waals surface area contributed by atoms with Crippen LogP contribution in [-0.2, 0) is 26.2 Å². The first-order chi connectivity index (χ1) is 9.81. The molecule has 1 N–H and O–H groups in total. The Morgan fingerprint density at radius 1 is 0.900 bits per heavy atom. The molecule has 0 atom stereocenters. The van der Waals surface area contributed by atoms with E-state index in [1.165, 1.54) is 22.3 Å². The monoisotopic (exact) mass is 264 g/mol. The van der Waals surface area contributed by atoms with Crippen molar-refractivity contribution in [3.05, 3.63) is 70.3 Å². The Bertz CT molecular complexity index is 668. The van der Waals surface area contributed by atoms with Crippen molar-refractivity contribution in [1.29, 1.82) is 0 Å². The molecule has 0 saturated heterocycles. The fourth-order valence-electron chi connectivity index (χ4n) is 3.09. The van der Waals surface area contributed by atoms with Crippen LogP contribution < -0.4 is 5.32 Å². The summed E-state index contributed by atoms with van der Waals surface area (Å²) in [5.74, 6) is 0.135. The van der Waals surface area contributed by atoms with E-state index in [1.807, 2.05) is 29.2 Å². The average molecular weight is 264 g/mol. The molecule has 2 aromatic rings. The molecule has 4 rings (SSSR count). The first kappa shape index (κ1) is 11.7. The predicted molar refractivity (Wildman–Crippen MR) is 77.0 cm³/mol. The lowest BCUT2D eigenvalue weighted by Gasteiger charge is -2.16. The van der Waals surface area contributed by atoms with Gasteiger partial charge in [0.15, 0.2) is 0 Å². The number of amides is 1. The Hall–Kier alpha value is -2.13. The summed E-state index contributed by atoms with van der Waals surface area (Å²) in [5.41, 5.74) is 5.91. The lowest BCUT2D eigenvalue weighted by atomic mass is 10.1. The molecule has 0 aromatic heterocycles. The zero-order valence-electron chi connectivity index (χ0n) is 11.2. The van der Waals surface area contributed by atoms with E-state index in [9.17, 15) is 4.79 Å². The topological polar surface area (TPSA) is 32.3 Å². The minimum atomic E-state index is 0.135. The molecular formula is C17H16N2O. The number of hydrogen-bond donors (Lipinski definition) is 1. The van der Waals surface area contributed by atoms with E-state index in [0.717, 1.165) is 31.7 Å². The fourth-order valence-corrected chi connectivity index (χ4v) is 3.09. The number of benzene rings is 2. The molecule has 0 spiro atoms. The van der Waals surface area contributed by atoms with Gasteiger partial charge in [-0.15, -0.1) is 0 Å². The van der Waals surface area contributed by atoms with Crippen LogP contribution >= 0.6 is 0 Å². The van der Waals surface area contributed by atoms with Gasteiger partial charge in [0.1, 0.15) is 0 Å². The minimum absolute atomic E-state index is 0.135. The largest absolute Gasteiger partial charge is 0.330 e. The molecule has 0 saturated carbocycles. The zero-order valence-corrected chi connectivity index (χ0v) is 11.2. The molecule has 3 heteroatoms. The number of fused-ring (bicyclic) bond motifs is 2. The quantitative estimate of drug-likeness (QED) is 0.858. The number of rotatable bonds is 1. The maximum absolute atomic E-state index is 12.6. The second-order valence-electron chi connectivity index (χ2n) is 5.52. The van der Waals surface area contributed by atoms with Crippen molar-refractivity contribution >= 4 is 5.91 Å². The summed E-state index contributed by atoms with van der Waals surface area (Å²) in [5, 5.41) is 3.31. The van der Waals surface area contributed by atoms with E-state index >= 15 is 0 Å². The highest BCUT2D eigenvalue weighted by atomic mass is 16.2. The van der Waals surface area contributed by atoms with Crippen molar-refractivity contribution in [2.45, 2.75) is 26.2 Å². The fraction of sp³-hybridized carbons (Fsp3) is 0.235. The summed E-state index contributed by atoms with van der Waals surface area (Å²) in [7, 11) is 0. The lowest BCUT2D eigenvalue weighted by Crippen LogP contribution is -2.25. The van der Waals surface area contributed by atoms with Gasteiger partial charge in [0.2, 0.25) is 0 Å². The van der Waals surface area contributed by atoms with Crippen molar-refractivity contribution in [2.24, 2.45) is 0 Å². The van der Waals surface area contributed by atoms with E-state index in [1.54, 1.807) is 0 Å². The van der Waals surface area contributed by atoms with Gasteiger partial charge in [0.25, 0.3) is 5.91 Å². The number of hydrogen-bond acceptors (Lipinski definition) is 2. The normalized spacial score (nSPS) is 16.1. The molecule has 2 aliphatic heterocycles. The van der Waals surface area contributed by atoms with Crippen molar-refractivity contribution in [1.82, 2.24) is 10.2 Å². The maximum atomic E-state index is 12.6. The average Bonchev–Trinajstić information content (AvgIpc) is 3.11. The molecule has 100 valence electrons. The molecule has 20 heavy (non-hydrogen) atoms. The van der Waals surface area contributed by atoms with Gasteiger partial charge in [-0.3, -0.25) is 4.79 Å². The maximum Gasteiger partial charge on any atom is 0.254 e. The number of carbonyl (C=O) groups is 1. The van der Waals surface area contributed by atoms with Gasteiger partial charge in [-0.2, -0.15) is 0 Å². The highest BCUT2D eigenvalue weighted by Gasteiger charge is 2.24. The number of carbonyl (C=O) groups excluding carboxylic acids is 1. The molecular weight excluding hydrogens is 248 g/mol. The highest BCUT2D eigenvalue weighted by Crippen LogP contribution is 2.25. The van der Waals surface area contributed by atoms with Crippen LogP contribution in [0.25, 0.3) is 0 Å². The van der Waals surface area contributed by atoms with E-state index < -0.39 is 0 Å². The van der Waals surface area contributed by atoms with Crippen LogP contribution in [0.2, 0.25) is 0 Å². The summed E-state index contributed by atoms with van der Waals surface area (Å²) < 4.78 is 0. The molecule has 0 radical (unpaired) electrons. The molecule has 1 amide bonds. The Balaban J connectivity index is 1.60. The standard InChI is InChI=1S/C17H16N2O/c20-17(12-5-6-13-8-18-9-16(13)7-12)19-10-14-3-1-2-4-15(14)11-19/h1-7,18H,8-11H2. The minimum Gasteiger partial charge on any atom is -0.330 e. The van der Waals surface area contributed by atoms with Gasteiger partial charge in [0, 0.05) is 31.7 Å². The van der Waals surface area contributed by atoms with Gasteiger partial charge < -0.3 is 10.2 Å². The third-order valence-corrected chi connectivity index (χ3v) is 4.21. The van der Waals surface area contributed by atoms with Crippen molar-refractivity contribution in [3.63, 3.8) is 0 Å². The summed E-state index contributed by atoms with van der Waals surface area (Å²) in [4.78, 5) is 14.5.